The van der Waals surface area contributed by atoms with Gasteiger partial charge in [0.2, 0.25) is 6.41 Å². The van der Waals surface area contributed by atoms with E-state index < -0.39 is 0 Å². The number of rotatable bonds is 8. The molecule has 6 nitrogen and oxygen atoms in total. The van der Waals surface area contributed by atoms with Gasteiger partial charge in [0.1, 0.15) is 0 Å². The van der Waals surface area contributed by atoms with Gasteiger partial charge >= 0.3 is 0 Å². The molecule has 0 radical (unpaired) electrons. The van der Waals surface area contributed by atoms with Crippen LogP contribution in [-0.2, 0) is 11.3 Å². The van der Waals surface area contributed by atoms with Crippen molar-refractivity contribution in [1.82, 2.24) is 19.7 Å². The molecule has 0 bridgehead atoms. The number of carbonyl (C=O) groups excluding carboxylic acids is 2. The Kier molecular flexibility index (Phi) is 8.28. The fourth-order valence-corrected chi connectivity index (χ4v) is 7.07. The first-order valence-corrected chi connectivity index (χ1v) is 15.1. The number of aromatic nitrogens is 1. The number of hydrogen-bond acceptors (Lipinski definition) is 4. The molecule has 212 valence electrons. The molecule has 3 aromatic carbocycles. The van der Waals surface area contributed by atoms with Crippen molar-refractivity contribution in [2.75, 3.05) is 26.2 Å². The molecule has 3 heterocycles. The van der Waals surface area contributed by atoms with Gasteiger partial charge < -0.3 is 9.80 Å². The predicted molar refractivity (Wildman–Crippen MR) is 165 cm³/mol. The van der Waals surface area contributed by atoms with Crippen molar-refractivity contribution >= 4 is 33.9 Å². The SMILES string of the molecule is CC(CC1CCCN(C2CCN(C(=O)c3c4ccccc4cc4ccccc34)CC2)C1)N(C=O)Cc1cccnc1. The maximum absolute atomic E-state index is 14.0. The first kappa shape index (κ1) is 27.4. The highest BCUT2D eigenvalue weighted by Gasteiger charge is 2.32. The van der Waals surface area contributed by atoms with Gasteiger partial charge in [-0.15, -0.1) is 0 Å². The Morgan fingerprint density at radius 1 is 0.976 bits per heavy atom. The lowest BCUT2D eigenvalue weighted by Gasteiger charge is -2.43. The number of amides is 2. The van der Waals surface area contributed by atoms with Crippen LogP contribution >= 0.6 is 0 Å². The van der Waals surface area contributed by atoms with E-state index in [1.165, 1.54) is 12.8 Å². The average molecular weight is 549 g/mol. The number of carbonyl (C=O) groups is 2. The van der Waals surface area contributed by atoms with Crippen LogP contribution in [0.2, 0.25) is 0 Å². The summed E-state index contributed by atoms with van der Waals surface area (Å²) >= 11 is 0. The number of pyridine rings is 1. The second kappa shape index (κ2) is 12.4. The van der Waals surface area contributed by atoms with Crippen LogP contribution in [0.25, 0.3) is 21.5 Å². The van der Waals surface area contributed by atoms with E-state index >= 15 is 0 Å². The van der Waals surface area contributed by atoms with Gasteiger partial charge in [-0.2, -0.15) is 0 Å². The van der Waals surface area contributed by atoms with Crippen molar-refractivity contribution in [3.05, 3.63) is 90.3 Å². The Hall–Kier alpha value is -3.77. The van der Waals surface area contributed by atoms with Crippen LogP contribution in [0.4, 0.5) is 0 Å². The van der Waals surface area contributed by atoms with E-state index in [1.54, 1.807) is 6.20 Å². The highest BCUT2D eigenvalue weighted by Crippen LogP contribution is 2.32. The van der Waals surface area contributed by atoms with Crippen molar-refractivity contribution in [3.8, 4) is 0 Å². The minimum Gasteiger partial charge on any atom is -0.338 e. The lowest BCUT2D eigenvalue weighted by atomic mass is 9.89. The summed E-state index contributed by atoms with van der Waals surface area (Å²) in [6.45, 7) is 6.57. The summed E-state index contributed by atoms with van der Waals surface area (Å²) in [6.07, 6.45) is 10.0. The molecule has 1 aromatic heterocycles. The van der Waals surface area contributed by atoms with E-state index in [2.05, 4.69) is 52.0 Å². The Morgan fingerprint density at radius 2 is 1.68 bits per heavy atom. The third kappa shape index (κ3) is 5.98. The molecule has 2 aliphatic rings. The number of piperidine rings is 2. The van der Waals surface area contributed by atoms with Gasteiger partial charge in [-0.25, -0.2) is 0 Å². The lowest BCUT2D eigenvalue weighted by Crippen LogP contribution is -2.50. The molecular formula is C35H40N4O2. The molecule has 2 amide bonds. The second-order valence-corrected chi connectivity index (χ2v) is 11.9. The molecule has 6 rings (SSSR count). The molecule has 2 aliphatic heterocycles. The molecule has 6 heteroatoms. The van der Waals surface area contributed by atoms with E-state index in [0.717, 1.165) is 84.5 Å². The van der Waals surface area contributed by atoms with E-state index in [-0.39, 0.29) is 11.9 Å². The quantitative estimate of drug-likeness (QED) is 0.196. The molecule has 2 atom stereocenters. The topological polar surface area (TPSA) is 56.8 Å². The summed E-state index contributed by atoms with van der Waals surface area (Å²) in [6, 6.07) is 23.4. The zero-order chi connectivity index (χ0) is 28.2. The van der Waals surface area contributed by atoms with Crippen molar-refractivity contribution in [2.24, 2.45) is 5.92 Å². The standard InChI is InChI=1S/C35H40N4O2/c1-26(39(25-40)24-28-8-6-16-36-22-28)20-27-9-7-17-38(23-27)31-14-18-37(19-15-31)35(41)34-32-12-4-2-10-29(32)21-30-11-3-5-13-33(30)34/h2-6,8,10-13,16,21-22,25-27,31H,7,9,14-15,17-20,23-24H2,1H3. The molecule has 0 spiro atoms. The van der Waals surface area contributed by atoms with Crippen molar-refractivity contribution in [3.63, 3.8) is 0 Å². The maximum Gasteiger partial charge on any atom is 0.255 e. The molecule has 41 heavy (non-hydrogen) atoms. The van der Waals surface area contributed by atoms with E-state index in [1.807, 2.05) is 47.5 Å². The van der Waals surface area contributed by atoms with Crippen LogP contribution in [0.15, 0.2) is 79.1 Å². The third-order valence-electron chi connectivity index (χ3n) is 9.27. The largest absolute Gasteiger partial charge is 0.338 e. The average Bonchev–Trinajstić information content (AvgIpc) is 3.02. The Labute approximate surface area is 243 Å². The number of fused-ring (bicyclic) bond motifs is 2. The van der Waals surface area contributed by atoms with Gasteiger partial charge in [-0.1, -0.05) is 54.6 Å². The molecule has 2 saturated heterocycles. The first-order chi connectivity index (χ1) is 20.1. The Bertz CT molecular complexity index is 1440. The van der Waals surface area contributed by atoms with Gasteiger partial charge in [0.25, 0.3) is 5.91 Å². The van der Waals surface area contributed by atoms with Crippen LogP contribution in [0, 0.1) is 5.92 Å². The minimum absolute atomic E-state index is 0.157. The number of benzene rings is 3. The highest BCUT2D eigenvalue weighted by atomic mass is 16.2. The molecule has 4 aromatic rings. The monoisotopic (exact) mass is 548 g/mol. The van der Waals surface area contributed by atoms with Crippen molar-refractivity contribution < 1.29 is 9.59 Å². The van der Waals surface area contributed by atoms with Gasteiger partial charge in [0.15, 0.2) is 0 Å². The fourth-order valence-electron chi connectivity index (χ4n) is 7.07. The summed E-state index contributed by atoms with van der Waals surface area (Å²) in [5, 5.41) is 4.32. The van der Waals surface area contributed by atoms with Crippen LogP contribution in [0.3, 0.4) is 0 Å². The van der Waals surface area contributed by atoms with Crippen molar-refractivity contribution in [2.45, 2.75) is 57.7 Å². The van der Waals surface area contributed by atoms with Crippen LogP contribution in [-0.4, -0.2) is 70.3 Å². The molecule has 0 saturated carbocycles. The summed E-state index contributed by atoms with van der Waals surface area (Å²) in [5.41, 5.74) is 1.91. The number of likely N-dealkylation sites (tertiary alicyclic amines) is 2. The second-order valence-electron chi connectivity index (χ2n) is 11.9. The van der Waals surface area contributed by atoms with Gasteiger partial charge in [-0.3, -0.25) is 19.5 Å². The fraction of sp³-hybridized carbons (Fsp3) is 0.400. The summed E-state index contributed by atoms with van der Waals surface area (Å²) < 4.78 is 0. The molecular weight excluding hydrogens is 508 g/mol. The third-order valence-corrected chi connectivity index (χ3v) is 9.27. The first-order valence-electron chi connectivity index (χ1n) is 15.1. The smallest absolute Gasteiger partial charge is 0.255 e. The van der Waals surface area contributed by atoms with E-state index in [0.29, 0.717) is 18.5 Å². The maximum atomic E-state index is 14.0. The Balaban J connectivity index is 1.08. The minimum atomic E-state index is 0.157. The predicted octanol–water partition coefficient (Wildman–Crippen LogP) is 6.14. The molecule has 0 aliphatic carbocycles. The number of nitrogens with zero attached hydrogens (tertiary/aromatic N) is 4. The summed E-state index contributed by atoms with van der Waals surface area (Å²) in [4.78, 5) is 36.7. The zero-order valence-electron chi connectivity index (χ0n) is 24.0. The lowest BCUT2D eigenvalue weighted by molar-refractivity contribution is -0.121. The molecule has 2 fully saturated rings. The van der Waals surface area contributed by atoms with E-state index in [4.69, 9.17) is 0 Å². The van der Waals surface area contributed by atoms with Crippen molar-refractivity contribution in [1.29, 1.82) is 0 Å². The van der Waals surface area contributed by atoms with Gasteiger partial charge in [-0.05, 0) is 90.7 Å². The van der Waals surface area contributed by atoms with Crippen LogP contribution < -0.4 is 0 Å². The summed E-state index contributed by atoms with van der Waals surface area (Å²) in [5.74, 6) is 0.737. The highest BCUT2D eigenvalue weighted by molar-refractivity contribution is 6.18. The van der Waals surface area contributed by atoms with Crippen LogP contribution in [0.1, 0.15) is 54.9 Å². The zero-order valence-corrected chi connectivity index (χ0v) is 24.0. The summed E-state index contributed by atoms with van der Waals surface area (Å²) in [7, 11) is 0. The van der Waals surface area contributed by atoms with E-state index in [9.17, 15) is 9.59 Å². The van der Waals surface area contributed by atoms with Crippen LogP contribution in [0.5, 0.6) is 0 Å². The molecule has 0 N–H and O–H groups in total. The Morgan fingerprint density at radius 3 is 2.34 bits per heavy atom. The van der Waals surface area contributed by atoms with Gasteiger partial charge in [0.05, 0.1) is 5.56 Å². The molecule has 2 unspecified atom stereocenters. The number of hydrogen-bond donors (Lipinski definition) is 0. The normalized spacial score (nSPS) is 19.3. The van der Waals surface area contributed by atoms with Gasteiger partial charge in [0, 0.05) is 50.7 Å².